The predicted molar refractivity (Wildman–Crippen MR) is 33.0 cm³/mol. The van der Waals surface area contributed by atoms with E-state index in [2.05, 4.69) is 10.6 Å². The Hall–Kier alpha value is -0.570. The van der Waals surface area contributed by atoms with E-state index in [1.165, 1.54) is 0 Å². The minimum Gasteiger partial charge on any atom is -0.353 e. The van der Waals surface area contributed by atoms with E-state index in [0.717, 1.165) is 19.4 Å². The second-order valence-corrected chi connectivity index (χ2v) is 2.74. The maximum Gasteiger partial charge on any atom is 0.237 e. The van der Waals surface area contributed by atoms with Crippen molar-refractivity contribution >= 4 is 5.91 Å². The van der Waals surface area contributed by atoms with Crippen LogP contribution in [0.3, 0.4) is 0 Å². The van der Waals surface area contributed by atoms with Gasteiger partial charge in [0.25, 0.3) is 0 Å². The van der Waals surface area contributed by atoms with Crippen molar-refractivity contribution in [3.05, 3.63) is 0 Å². The highest BCUT2D eigenvalue weighted by molar-refractivity contribution is 5.83. The molecule has 2 fully saturated rings. The number of carbonyl (C=O) groups is 1. The van der Waals surface area contributed by atoms with Crippen molar-refractivity contribution < 1.29 is 4.79 Å². The van der Waals surface area contributed by atoms with Crippen molar-refractivity contribution in [1.29, 1.82) is 0 Å². The van der Waals surface area contributed by atoms with Crippen molar-refractivity contribution in [2.24, 2.45) is 0 Å². The lowest BCUT2D eigenvalue weighted by molar-refractivity contribution is -0.123. The third-order valence-electron chi connectivity index (χ3n) is 2.08. The summed E-state index contributed by atoms with van der Waals surface area (Å²) in [7, 11) is 0. The molecule has 9 heavy (non-hydrogen) atoms. The average molecular weight is 126 g/mol. The molecule has 2 heterocycles. The summed E-state index contributed by atoms with van der Waals surface area (Å²) < 4.78 is 0. The number of fused-ring (bicyclic) bond motifs is 2. The van der Waals surface area contributed by atoms with Gasteiger partial charge in [-0.3, -0.25) is 4.79 Å². The lowest BCUT2D eigenvalue weighted by Gasteiger charge is -2.20. The molecule has 0 saturated carbocycles. The zero-order valence-electron chi connectivity index (χ0n) is 5.18. The van der Waals surface area contributed by atoms with Crippen LogP contribution in [0.25, 0.3) is 0 Å². The highest BCUT2D eigenvalue weighted by atomic mass is 16.2. The molecule has 3 nitrogen and oxygen atoms in total. The van der Waals surface area contributed by atoms with Crippen LogP contribution >= 0.6 is 0 Å². The van der Waals surface area contributed by atoms with Crippen molar-refractivity contribution in [2.45, 2.75) is 24.9 Å². The highest BCUT2D eigenvalue weighted by Crippen LogP contribution is 2.14. The Kier molecular flexibility index (Phi) is 0.990. The van der Waals surface area contributed by atoms with Gasteiger partial charge >= 0.3 is 0 Å². The second kappa shape index (κ2) is 1.70. The van der Waals surface area contributed by atoms with Gasteiger partial charge < -0.3 is 10.6 Å². The summed E-state index contributed by atoms with van der Waals surface area (Å²) in [6, 6.07) is 0.691. The van der Waals surface area contributed by atoms with Crippen LogP contribution < -0.4 is 10.6 Å². The summed E-state index contributed by atoms with van der Waals surface area (Å²) in [5.41, 5.74) is 0. The highest BCUT2D eigenvalue weighted by Gasteiger charge is 2.33. The van der Waals surface area contributed by atoms with Gasteiger partial charge in [0.15, 0.2) is 0 Å². The van der Waals surface area contributed by atoms with E-state index in [1.54, 1.807) is 0 Å². The number of amides is 1. The summed E-state index contributed by atoms with van der Waals surface area (Å²) in [4.78, 5) is 10.9. The molecular formula is C6H10N2O. The summed E-state index contributed by atoms with van der Waals surface area (Å²) in [6.07, 6.45) is 2.18. The third-order valence-corrected chi connectivity index (χ3v) is 2.08. The summed E-state index contributed by atoms with van der Waals surface area (Å²) >= 11 is 0. The predicted octanol–water partition coefficient (Wildman–Crippen LogP) is -0.763. The van der Waals surface area contributed by atoms with E-state index in [0.29, 0.717) is 6.04 Å². The normalized spacial score (nSPS) is 40.7. The standard InChI is InChI=1S/C6H10N2O/c9-6-5-2-1-4(8-5)3-7-6/h4-5,8H,1-3H2,(H,7,9)/t4-,5+/m0/s1. The molecule has 50 valence electrons. The fourth-order valence-electron chi connectivity index (χ4n) is 1.53. The first kappa shape index (κ1) is 5.23. The molecule has 0 radical (unpaired) electrons. The Morgan fingerprint density at radius 3 is 3.11 bits per heavy atom. The Balaban J connectivity index is 2.14. The minimum absolute atomic E-state index is 0.128. The molecule has 2 N–H and O–H groups in total. The SMILES string of the molecule is O=C1NC[C@@H]2CC[C@H]1N2. The van der Waals surface area contributed by atoms with Gasteiger partial charge in [-0.05, 0) is 12.8 Å². The molecule has 3 heteroatoms. The van der Waals surface area contributed by atoms with E-state index >= 15 is 0 Å². The molecule has 2 bridgehead atoms. The Morgan fingerprint density at radius 2 is 2.33 bits per heavy atom. The molecule has 2 saturated heterocycles. The van der Waals surface area contributed by atoms with Gasteiger partial charge in [0.05, 0.1) is 6.04 Å². The van der Waals surface area contributed by atoms with Crippen LogP contribution in [0.2, 0.25) is 0 Å². The number of rotatable bonds is 0. The maximum atomic E-state index is 10.9. The lowest BCUT2D eigenvalue weighted by Crippen LogP contribution is -2.52. The monoisotopic (exact) mass is 126 g/mol. The molecule has 0 aromatic carbocycles. The third kappa shape index (κ3) is 0.721. The molecule has 0 unspecified atom stereocenters. The van der Waals surface area contributed by atoms with Crippen LogP contribution in [0.1, 0.15) is 12.8 Å². The largest absolute Gasteiger partial charge is 0.353 e. The van der Waals surface area contributed by atoms with E-state index in [9.17, 15) is 4.79 Å². The number of hydrogen-bond donors (Lipinski definition) is 2. The van der Waals surface area contributed by atoms with Gasteiger partial charge in [0, 0.05) is 12.6 Å². The minimum atomic E-state index is 0.128. The molecule has 0 spiro atoms. The zero-order chi connectivity index (χ0) is 6.27. The molecule has 2 aliphatic rings. The first-order valence-corrected chi connectivity index (χ1v) is 3.40. The lowest BCUT2D eigenvalue weighted by atomic mass is 10.2. The van der Waals surface area contributed by atoms with Gasteiger partial charge in [-0.25, -0.2) is 0 Å². The molecule has 0 aromatic heterocycles. The number of hydrogen-bond acceptors (Lipinski definition) is 2. The van der Waals surface area contributed by atoms with E-state index in [4.69, 9.17) is 0 Å². The van der Waals surface area contributed by atoms with E-state index in [1.807, 2.05) is 0 Å². The molecule has 0 aromatic rings. The van der Waals surface area contributed by atoms with Crippen molar-refractivity contribution in [3.8, 4) is 0 Å². The van der Waals surface area contributed by atoms with Crippen molar-refractivity contribution in [3.63, 3.8) is 0 Å². The van der Waals surface area contributed by atoms with Gasteiger partial charge in [-0.1, -0.05) is 0 Å². The molecule has 2 rings (SSSR count). The van der Waals surface area contributed by atoms with Crippen molar-refractivity contribution in [1.82, 2.24) is 10.6 Å². The van der Waals surface area contributed by atoms with Crippen LogP contribution in [-0.4, -0.2) is 24.5 Å². The van der Waals surface area contributed by atoms with Crippen LogP contribution in [0, 0.1) is 0 Å². The number of piperazine rings is 1. The topological polar surface area (TPSA) is 41.1 Å². The van der Waals surface area contributed by atoms with Crippen LogP contribution in [0.15, 0.2) is 0 Å². The number of carbonyl (C=O) groups excluding carboxylic acids is 1. The van der Waals surface area contributed by atoms with Crippen LogP contribution in [0.4, 0.5) is 0 Å². The summed E-state index contributed by atoms with van der Waals surface area (Å²) in [5, 5.41) is 6.07. The van der Waals surface area contributed by atoms with Gasteiger partial charge in [0.1, 0.15) is 0 Å². The average Bonchev–Trinajstić information content (AvgIpc) is 2.25. The second-order valence-electron chi connectivity index (χ2n) is 2.74. The smallest absolute Gasteiger partial charge is 0.237 e. The number of nitrogens with one attached hydrogen (secondary N) is 2. The maximum absolute atomic E-state index is 10.9. The fourth-order valence-corrected chi connectivity index (χ4v) is 1.53. The fraction of sp³-hybridized carbons (Fsp3) is 0.833. The van der Waals surface area contributed by atoms with Gasteiger partial charge in [0.2, 0.25) is 5.91 Å². The summed E-state index contributed by atoms with van der Waals surface area (Å²) in [5.74, 6) is 0.184. The van der Waals surface area contributed by atoms with Crippen LogP contribution in [-0.2, 0) is 4.79 Å². The molecule has 1 amide bonds. The van der Waals surface area contributed by atoms with Crippen molar-refractivity contribution in [2.75, 3.05) is 6.54 Å². The molecule has 2 atom stereocenters. The Bertz CT molecular complexity index is 146. The van der Waals surface area contributed by atoms with Gasteiger partial charge in [-0.2, -0.15) is 0 Å². The quantitative estimate of drug-likeness (QED) is 0.448. The van der Waals surface area contributed by atoms with Gasteiger partial charge in [-0.15, -0.1) is 0 Å². The van der Waals surface area contributed by atoms with E-state index in [-0.39, 0.29) is 11.9 Å². The van der Waals surface area contributed by atoms with E-state index < -0.39 is 0 Å². The molecular weight excluding hydrogens is 116 g/mol. The molecule has 0 aliphatic carbocycles. The Labute approximate surface area is 53.8 Å². The zero-order valence-corrected chi connectivity index (χ0v) is 5.18. The first-order valence-electron chi connectivity index (χ1n) is 3.40. The van der Waals surface area contributed by atoms with Crippen LogP contribution in [0.5, 0.6) is 0 Å². The Morgan fingerprint density at radius 1 is 1.44 bits per heavy atom. The first-order chi connectivity index (χ1) is 4.36. The molecule has 2 aliphatic heterocycles. The summed E-state index contributed by atoms with van der Waals surface area (Å²) in [6.45, 7) is 0.829.